The summed E-state index contributed by atoms with van der Waals surface area (Å²) in [6, 6.07) is 3.69. The van der Waals surface area contributed by atoms with Gasteiger partial charge in [-0.25, -0.2) is 4.39 Å². The minimum atomic E-state index is -0.622. The molecule has 1 rings (SSSR count). The molecule has 1 amide bonds. The summed E-state index contributed by atoms with van der Waals surface area (Å²) < 4.78 is 13.2. The van der Waals surface area contributed by atoms with Gasteiger partial charge in [0, 0.05) is 0 Å². The summed E-state index contributed by atoms with van der Waals surface area (Å²) in [5.41, 5.74) is 5.39. The Labute approximate surface area is 99.6 Å². The monoisotopic (exact) mass is 240 g/mol. The molecule has 0 radical (unpaired) electrons. The van der Waals surface area contributed by atoms with Crippen molar-refractivity contribution in [1.29, 1.82) is 0 Å². The third-order valence-electron chi connectivity index (χ3n) is 2.62. The summed E-state index contributed by atoms with van der Waals surface area (Å²) in [4.78, 5) is 11.8. The van der Waals surface area contributed by atoms with Crippen molar-refractivity contribution in [1.82, 2.24) is 5.32 Å². The van der Waals surface area contributed by atoms with Crippen LogP contribution in [0.3, 0.4) is 0 Å². The average Bonchev–Trinajstić information content (AvgIpc) is 2.28. The van der Waals surface area contributed by atoms with Crippen molar-refractivity contribution in [3.8, 4) is 0 Å². The molecule has 4 N–H and O–H groups in total. The molecule has 0 heterocycles. The fraction of sp³-hybridized carbons (Fsp3) is 0.417. The van der Waals surface area contributed by atoms with Gasteiger partial charge in [0.05, 0.1) is 23.9 Å². The lowest BCUT2D eigenvalue weighted by atomic mass is 10.0. The number of aliphatic hydroxyl groups is 1. The number of carbonyl (C=O) groups excluding carboxylic acids is 1. The lowest BCUT2D eigenvalue weighted by Crippen LogP contribution is -2.41. The van der Waals surface area contributed by atoms with Crippen LogP contribution in [-0.4, -0.2) is 23.7 Å². The van der Waals surface area contributed by atoms with Crippen LogP contribution >= 0.6 is 0 Å². The van der Waals surface area contributed by atoms with Gasteiger partial charge in [0.15, 0.2) is 0 Å². The number of benzene rings is 1. The van der Waals surface area contributed by atoms with Crippen LogP contribution in [0, 0.1) is 11.7 Å². The average molecular weight is 240 g/mol. The highest BCUT2D eigenvalue weighted by molar-refractivity contribution is 5.99. The molecule has 0 spiro atoms. The Hall–Kier alpha value is -1.62. The number of amides is 1. The Kier molecular flexibility index (Phi) is 4.45. The van der Waals surface area contributed by atoms with Crippen LogP contribution in [-0.2, 0) is 0 Å². The van der Waals surface area contributed by atoms with Gasteiger partial charge in [-0.1, -0.05) is 19.9 Å². The number of hydrogen-bond acceptors (Lipinski definition) is 3. The highest BCUT2D eigenvalue weighted by Crippen LogP contribution is 2.16. The maximum Gasteiger partial charge on any atom is 0.253 e. The quantitative estimate of drug-likeness (QED) is 0.691. The van der Waals surface area contributed by atoms with Gasteiger partial charge < -0.3 is 16.2 Å². The molecule has 17 heavy (non-hydrogen) atoms. The Morgan fingerprint density at radius 1 is 1.53 bits per heavy atom. The Morgan fingerprint density at radius 2 is 2.18 bits per heavy atom. The number of nitrogens with two attached hydrogens (primary N) is 1. The van der Waals surface area contributed by atoms with Crippen LogP contribution < -0.4 is 11.1 Å². The molecule has 1 aromatic carbocycles. The summed E-state index contributed by atoms with van der Waals surface area (Å²) >= 11 is 0. The van der Waals surface area contributed by atoms with Gasteiger partial charge in [-0.05, 0) is 18.1 Å². The largest absolute Gasteiger partial charge is 0.396 e. The highest BCUT2D eigenvalue weighted by Gasteiger charge is 2.18. The predicted molar refractivity (Wildman–Crippen MR) is 64.0 cm³/mol. The zero-order valence-electron chi connectivity index (χ0n) is 9.90. The van der Waals surface area contributed by atoms with E-state index in [2.05, 4.69) is 5.32 Å². The molecule has 1 atom stereocenters. The number of nitrogen functional groups attached to an aromatic ring is 1. The van der Waals surface area contributed by atoms with Crippen LogP contribution in [0.15, 0.2) is 18.2 Å². The van der Waals surface area contributed by atoms with Crippen molar-refractivity contribution in [2.24, 2.45) is 5.92 Å². The van der Waals surface area contributed by atoms with E-state index in [1.54, 1.807) is 0 Å². The van der Waals surface area contributed by atoms with Crippen molar-refractivity contribution in [3.63, 3.8) is 0 Å². The number of carbonyl (C=O) groups is 1. The number of aliphatic hydroxyl groups excluding tert-OH is 1. The second-order valence-corrected chi connectivity index (χ2v) is 4.21. The van der Waals surface area contributed by atoms with E-state index in [0.717, 1.165) is 0 Å². The Bertz CT molecular complexity index is 407. The first kappa shape index (κ1) is 13.4. The zero-order chi connectivity index (χ0) is 13.0. The molecule has 1 unspecified atom stereocenters. The summed E-state index contributed by atoms with van der Waals surface area (Å²) in [7, 11) is 0. The summed E-state index contributed by atoms with van der Waals surface area (Å²) in [5.74, 6) is -1.02. The normalized spacial score (nSPS) is 12.5. The molecule has 0 aromatic heterocycles. The fourth-order valence-electron chi connectivity index (χ4n) is 1.40. The number of nitrogens with one attached hydrogen (secondary N) is 1. The minimum absolute atomic E-state index is 0.0822. The highest BCUT2D eigenvalue weighted by atomic mass is 19.1. The molecule has 0 aliphatic heterocycles. The van der Waals surface area contributed by atoms with Crippen LogP contribution in [0.25, 0.3) is 0 Å². The van der Waals surface area contributed by atoms with Gasteiger partial charge in [-0.2, -0.15) is 0 Å². The molecular formula is C12H17FN2O2. The third kappa shape index (κ3) is 3.17. The van der Waals surface area contributed by atoms with E-state index in [1.807, 2.05) is 13.8 Å². The smallest absolute Gasteiger partial charge is 0.253 e. The van der Waals surface area contributed by atoms with Gasteiger partial charge in [-0.15, -0.1) is 0 Å². The van der Waals surface area contributed by atoms with E-state index in [-0.39, 0.29) is 29.8 Å². The lowest BCUT2D eigenvalue weighted by molar-refractivity contribution is 0.0897. The van der Waals surface area contributed by atoms with Crippen LogP contribution in [0.4, 0.5) is 10.1 Å². The van der Waals surface area contributed by atoms with E-state index >= 15 is 0 Å². The van der Waals surface area contributed by atoms with Gasteiger partial charge in [-0.3, -0.25) is 4.79 Å². The fourth-order valence-corrected chi connectivity index (χ4v) is 1.40. The maximum absolute atomic E-state index is 13.2. The second kappa shape index (κ2) is 5.63. The molecule has 0 aliphatic rings. The van der Waals surface area contributed by atoms with Gasteiger partial charge in [0.25, 0.3) is 5.91 Å². The first-order chi connectivity index (χ1) is 7.97. The van der Waals surface area contributed by atoms with Crippen LogP contribution in [0.2, 0.25) is 0 Å². The molecule has 0 saturated carbocycles. The first-order valence-electron chi connectivity index (χ1n) is 5.43. The lowest BCUT2D eigenvalue weighted by Gasteiger charge is -2.20. The van der Waals surface area contributed by atoms with Crippen molar-refractivity contribution in [3.05, 3.63) is 29.6 Å². The zero-order valence-corrected chi connectivity index (χ0v) is 9.90. The summed E-state index contributed by atoms with van der Waals surface area (Å²) in [5, 5.41) is 11.7. The van der Waals surface area contributed by atoms with E-state index in [9.17, 15) is 9.18 Å². The summed E-state index contributed by atoms with van der Waals surface area (Å²) in [6.45, 7) is 3.57. The Balaban J connectivity index is 2.86. The number of anilines is 1. The van der Waals surface area contributed by atoms with Crippen LogP contribution in [0.5, 0.6) is 0 Å². The first-order valence-corrected chi connectivity index (χ1v) is 5.43. The molecule has 94 valence electrons. The maximum atomic E-state index is 13.2. The molecule has 0 fully saturated rings. The van der Waals surface area contributed by atoms with Gasteiger partial charge in [0.1, 0.15) is 5.82 Å². The second-order valence-electron chi connectivity index (χ2n) is 4.21. The number of para-hydroxylation sites is 1. The molecule has 1 aromatic rings. The molecule has 0 bridgehead atoms. The molecule has 5 heteroatoms. The third-order valence-corrected chi connectivity index (χ3v) is 2.62. The molecule has 0 saturated heterocycles. The van der Waals surface area contributed by atoms with Gasteiger partial charge >= 0.3 is 0 Å². The SMILES string of the molecule is CC(C)C(CO)NC(=O)c1cccc(F)c1N. The predicted octanol–water partition coefficient (Wildman–Crippen LogP) is 1.15. The molecular weight excluding hydrogens is 223 g/mol. The number of rotatable bonds is 4. The molecule has 4 nitrogen and oxygen atoms in total. The van der Waals surface area contributed by atoms with Gasteiger partial charge in [0.2, 0.25) is 0 Å². The van der Waals surface area contributed by atoms with E-state index < -0.39 is 11.7 Å². The van der Waals surface area contributed by atoms with Crippen molar-refractivity contribution < 1.29 is 14.3 Å². The summed E-state index contributed by atoms with van der Waals surface area (Å²) in [6.07, 6.45) is 0. The van der Waals surface area contributed by atoms with Crippen LogP contribution in [0.1, 0.15) is 24.2 Å². The van der Waals surface area contributed by atoms with E-state index in [4.69, 9.17) is 10.8 Å². The van der Waals surface area contributed by atoms with E-state index in [1.165, 1.54) is 18.2 Å². The topological polar surface area (TPSA) is 75.3 Å². The minimum Gasteiger partial charge on any atom is -0.396 e. The molecule has 0 aliphatic carbocycles. The van der Waals surface area contributed by atoms with E-state index in [0.29, 0.717) is 0 Å². The van der Waals surface area contributed by atoms with Crippen molar-refractivity contribution >= 4 is 11.6 Å². The van der Waals surface area contributed by atoms with Crippen molar-refractivity contribution in [2.75, 3.05) is 12.3 Å². The Morgan fingerprint density at radius 3 is 2.71 bits per heavy atom. The number of hydrogen-bond donors (Lipinski definition) is 3. The standard InChI is InChI=1S/C12H17FN2O2/c1-7(2)10(6-16)15-12(17)8-4-3-5-9(13)11(8)14/h3-5,7,10,16H,6,14H2,1-2H3,(H,15,17). The number of halogens is 1. The van der Waals surface area contributed by atoms with Crippen molar-refractivity contribution in [2.45, 2.75) is 19.9 Å².